The highest BCUT2D eigenvalue weighted by Gasteiger charge is 2.45. The molecule has 1 aliphatic rings. The van der Waals surface area contributed by atoms with Gasteiger partial charge in [-0.1, -0.05) is 13.5 Å². The van der Waals surface area contributed by atoms with Crippen molar-refractivity contribution >= 4 is 33.8 Å². The van der Waals surface area contributed by atoms with Gasteiger partial charge in [0.25, 0.3) is 0 Å². The van der Waals surface area contributed by atoms with Crippen LogP contribution in [0, 0.1) is 0 Å². The Kier molecular flexibility index (Phi) is 5.25. The van der Waals surface area contributed by atoms with Crippen LogP contribution in [-0.2, 0) is 9.47 Å². The van der Waals surface area contributed by atoms with E-state index in [1.807, 2.05) is 6.92 Å². The van der Waals surface area contributed by atoms with Crippen LogP contribution < -0.4 is 5.73 Å². The van der Waals surface area contributed by atoms with Crippen LogP contribution in [0.3, 0.4) is 0 Å². The quantitative estimate of drug-likeness (QED) is 0.664. The van der Waals surface area contributed by atoms with Crippen molar-refractivity contribution in [2.45, 2.75) is 31.5 Å². The molecule has 4 atom stereocenters. The molecule has 0 bridgehead atoms. The second-order valence-electron chi connectivity index (χ2n) is 5.55. The van der Waals surface area contributed by atoms with E-state index in [4.69, 9.17) is 15.2 Å². The van der Waals surface area contributed by atoms with Crippen molar-refractivity contribution in [2.75, 3.05) is 25.2 Å². The lowest BCUT2D eigenvalue weighted by molar-refractivity contribution is -0.0583. The minimum Gasteiger partial charge on any atom is -0.394 e. The molecule has 0 spiro atoms. The normalized spacial score (nSPS) is 26.4. The van der Waals surface area contributed by atoms with Gasteiger partial charge in [0.05, 0.1) is 12.9 Å². The fraction of sp³-hybridized carbons (Fsp3) is 0.533. The maximum atomic E-state index is 10.2. The summed E-state index contributed by atoms with van der Waals surface area (Å²) in [5, 5.41) is 19.6. The summed E-state index contributed by atoms with van der Waals surface area (Å²) >= 11 is 1.54. The third kappa shape index (κ3) is 3.11. The second-order valence-corrected chi connectivity index (χ2v) is 6.91. The molecule has 2 aromatic heterocycles. The lowest BCUT2D eigenvalue weighted by Gasteiger charge is -2.20. The van der Waals surface area contributed by atoms with E-state index in [9.17, 15) is 10.2 Å². The van der Waals surface area contributed by atoms with Crippen LogP contribution in [0.2, 0.25) is 0 Å². The topological polar surface area (TPSA) is 129 Å². The highest BCUT2D eigenvalue weighted by molar-refractivity contribution is 8.08. The Morgan fingerprint density at radius 3 is 2.92 bits per heavy atom. The first-order chi connectivity index (χ1) is 12.0. The summed E-state index contributed by atoms with van der Waals surface area (Å²) < 4.78 is 12.7. The number of hydrogen-bond acceptors (Lipinski definition) is 9. The van der Waals surface area contributed by atoms with Crippen molar-refractivity contribution in [3.8, 4) is 0 Å². The molecule has 10 heteroatoms. The summed E-state index contributed by atoms with van der Waals surface area (Å²) in [6.07, 6.45) is -1.56. The highest BCUT2D eigenvalue weighted by atomic mass is 32.2. The van der Waals surface area contributed by atoms with Gasteiger partial charge in [-0.3, -0.25) is 4.57 Å². The molecular formula is C15H21N5O4S. The summed E-state index contributed by atoms with van der Waals surface area (Å²) in [6.45, 7) is 5.71. The number of anilines is 1. The zero-order valence-electron chi connectivity index (χ0n) is 14.0. The third-order valence-electron chi connectivity index (χ3n) is 4.06. The van der Waals surface area contributed by atoms with E-state index in [-0.39, 0.29) is 12.6 Å². The zero-order chi connectivity index (χ0) is 18.1. The molecule has 0 radical (unpaired) electrons. The number of aliphatic hydroxyl groups is 2. The zero-order valence-corrected chi connectivity index (χ0v) is 14.8. The average Bonchev–Trinajstić information content (AvgIpc) is 3.14. The summed E-state index contributed by atoms with van der Waals surface area (Å²) in [7, 11) is 1.47. The minimum absolute atomic E-state index is 0.0910. The van der Waals surface area contributed by atoms with Gasteiger partial charge in [0, 0.05) is 12.0 Å². The lowest BCUT2D eigenvalue weighted by Crippen LogP contribution is -2.34. The number of methoxy groups -OCH3 is 1. The van der Waals surface area contributed by atoms with Crippen molar-refractivity contribution in [1.82, 2.24) is 19.5 Å². The van der Waals surface area contributed by atoms with E-state index in [1.54, 1.807) is 16.3 Å². The average molecular weight is 367 g/mol. The van der Waals surface area contributed by atoms with Crippen molar-refractivity contribution in [3.05, 3.63) is 18.6 Å². The van der Waals surface area contributed by atoms with Gasteiger partial charge in [0.2, 0.25) is 5.95 Å². The predicted octanol–water partition coefficient (Wildman–Crippen LogP) is 0.398. The first-order valence-electron chi connectivity index (χ1n) is 7.81. The van der Waals surface area contributed by atoms with Gasteiger partial charge in [-0.2, -0.15) is 4.98 Å². The third-order valence-corrected chi connectivity index (χ3v) is 4.89. The van der Waals surface area contributed by atoms with E-state index in [1.165, 1.54) is 13.4 Å². The first kappa shape index (κ1) is 18.1. The van der Waals surface area contributed by atoms with Gasteiger partial charge in [0.15, 0.2) is 11.9 Å². The van der Waals surface area contributed by atoms with E-state index in [2.05, 4.69) is 21.5 Å². The van der Waals surface area contributed by atoms with Gasteiger partial charge in [-0.25, -0.2) is 9.97 Å². The molecule has 9 nitrogen and oxygen atoms in total. The number of hydrogen-bond donors (Lipinski definition) is 3. The van der Waals surface area contributed by atoms with Crippen molar-refractivity contribution in [1.29, 1.82) is 0 Å². The summed E-state index contributed by atoms with van der Waals surface area (Å²) in [4.78, 5) is 13.6. The largest absolute Gasteiger partial charge is 0.394 e. The number of thioether (sulfide) groups is 1. The second kappa shape index (κ2) is 7.26. The van der Waals surface area contributed by atoms with E-state index in [0.717, 1.165) is 10.7 Å². The molecule has 25 heavy (non-hydrogen) atoms. The van der Waals surface area contributed by atoms with Crippen LogP contribution in [0.25, 0.3) is 16.1 Å². The molecule has 1 saturated heterocycles. The van der Waals surface area contributed by atoms with Crippen molar-refractivity contribution < 1.29 is 19.7 Å². The van der Waals surface area contributed by atoms with Gasteiger partial charge in [-0.15, -0.1) is 11.8 Å². The molecule has 3 heterocycles. The SMILES string of the molecule is C=C(SCC)c1nc(N)nc2c1ncn2[C@@H]1O[C@H](CO)[C@@H](O)[C@H]1OC. The standard InChI is InChI=1S/C15H21N5O4S/c1-4-25-7(2)9-10-13(19-15(16)18-9)20(6-17-10)14-12(23-3)11(22)8(5-21)24-14/h6,8,11-12,14,21-22H,2,4-5H2,1,3H3,(H2,16,18,19)/t8-,11-,12-,14-/m1/s1. The van der Waals surface area contributed by atoms with Crippen LogP contribution in [-0.4, -0.2) is 67.5 Å². The number of aliphatic hydroxyl groups excluding tert-OH is 2. The number of nitrogens with zero attached hydrogens (tertiary/aromatic N) is 4. The van der Waals surface area contributed by atoms with Crippen LogP contribution in [0.4, 0.5) is 5.95 Å². The summed E-state index contributed by atoms with van der Waals surface area (Å²) in [5.41, 5.74) is 7.43. The van der Waals surface area contributed by atoms with Gasteiger partial charge < -0.3 is 25.4 Å². The van der Waals surface area contributed by atoms with Crippen molar-refractivity contribution in [2.24, 2.45) is 0 Å². The summed E-state index contributed by atoms with van der Waals surface area (Å²) in [5.74, 6) is 0.931. The Labute approximate surface area is 148 Å². The van der Waals surface area contributed by atoms with Gasteiger partial charge >= 0.3 is 0 Å². The molecular weight excluding hydrogens is 346 g/mol. The van der Waals surface area contributed by atoms with E-state index < -0.39 is 24.5 Å². The fourth-order valence-electron chi connectivity index (χ4n) is 2.90. The predicted molar refractivity (Wildman–Crippen MR) is 94.7 cm³/mol. The number of rotatable bonds is 6. The Balaban J connectivity index is 2.08. The maximum Gasteiger partial charge on any atom is 0.222 e. The van der Waals surface area contributed by atoms with Gasteiger partial charge in [0.1, 0.15) is 29.5 Å². The minimum atomic E-state index is -0.971. The Hall–Kier alpha value is -1.72. The number of imidazole rings is 1. The number of nitrogens with two attached hydrogens (primary N) is 1. The van der Waals surface area contributed by atoms with E-state index in [0.29, 0.717) is 16.9 Å². The Morgan fingerprint density at radius 2 is 2.28 bits per heavy atom. The highest BCUT2D eigenvalue weighted by Crippen LogP contribution is 2.35. The van der Waals surface area contributed by atoms with E-state index >= 15 is 0 Å². The molecule has 3 rings (SSSR count). The number of nitrogen functional groups attached to an aromatic ring is 1. The monoisotopic (exact) mass is 367 g/mol. The van der Waals surface area contributed by atoms with Crippen LogP contribution in [0.1, 0.15) is 18.8 Å². The van der Waals surface area contributed by atoms with Gasteiger partial charge in [-0.05, 0) is 5.75 Å². The van der Waals surface area contributed by atoms with Crippen LogP contribution >= 0.6 is 11.8 Å². The number of fused-ring (bicyclic) bond motifs is 1. The molecule has 1 aliphatic heterocycles. The Bertz CT molecular complexity index is 783. The smallest absolute Gasteiger partial charge is 0.222 e. The first-order valence-corrected chi connectivity index (χ1v) is 8.79. The molecule has 0 aliphatic carbocycles. The molecule has 4 N–H and O–H groups in total. The molecule has 0 saturated carbocycles. The van der Waals surface area contributed by atoms with Crippen molar-refractivity contribution in [3.63, 3.8) is 0 Å². The summed E-state index contributed by atoms with van der Waals surface area (Å²) in [6, 6.07) is 0. The number of aromatic nitrogens is 4. The Morgan fingerprint density at radius 1 is 1.52 bits per heavy atom. The molecule has 1 fully saturated rings. The lowest BCUT2D eigenvalue weighted by atomic mass is 10.1. The number of ether oxygens (including phenoxy) is 2. The molecule has 0 amide bonds. The van der Waals surface area contributed by atoms with Crippen LogP contribution in [0.15, 0.2) is 12.9 Å². The molecule has 0 unspecified atom stereocenters. The molecule has 2 aromatic rings. The maximum absolute atomic E-state index is 10.2. The molecule has 136 valence electrons. The molecule has 0 aromatic carbocycles. The fourth-order valence-corrected chi connectivity index (χ4v) is 3.53. The van der Waals surface area contributed by atoms with Crippen LogP contribution in [0.5, 0.6) is 0 Å².